The molecule has 0 amide bonds. The van der Waals surface area contributed by atoms with Gasteiger partial charge in [0.25, 0.3) is 0 Å². The molecule has 2 aromatic rings. The molecule has 0 spiro atoms. The van der Waals surface area contributed by atoms with Crippen LogP contribution in [0.25, 0.3) is 5.52 Å². The average molecular weight is 185 g/mol. The molecule has 0 fully saturated rings. The quantitative estimate of drug-likeness (QED) is 0.631. The van der Waals surface area contributed by atoms with E-state index in [1.165, 1.54) is 17.6 Å². The Kier molecular flexibility index (Phi) is 1.79. The lowest BCUT2D eigenvalue weighted by Gasteiger charge is -1.96. The lowest BCUT2D eigenvalue weighted by molar-refractivity contribution is 0.101. The Morgan fingerprint density at radius 3 is 3.00 bits per heavy atom. The number of Topliss-reactive ketones (excluding diaryl/α,β-unsaturated/α-hetero) is 1. The fourth-order valence-corrected chi connectivity index (χ4v) is 1.28. The van der Waals surface area contributed by atoms with Gasteiger partial charge >= 0.3 is 0 Å². The van der Waals surface area contributed by atoms with Gasteiger partial charge in [0.15, 0.2) is 5.78 Å². The third kappa shape index (κ3) is 1.15. The molecule has 0 aliphatic carbocycles. The standard InChI is InChI=1S/C10H7N3O/c1-7(14)8-2-3-10-9(4-11)5-12-13(10)6-8/h2-3,5-6H,1H3. The highest BCUT2D eigenvalue weighted by molar-refractivity contribution is 5.94. The number of carbonyl (C=O) groups is 1. The SMILES string of the molecule is CC(=O)c1ccc2c(C#N)cnn2c1. The highest BCUT2D eigenvalue weighted by atomic mass is 16.1. The fourth-order valence-electron chi connectivity index (χ4n) is 1.28. The largest absolute Gasteiger partial charge is 0.294 e. The number of rotatable bonds is 1. The topological polar surface area (TPSA) is 58.2 Å². The lowest BCUT2D eigenvalue weighted by Crippen LogP contribution is -1.96. The van der Waals surface area contributed by atoms with Crippen LogP contribution in [0.3, 0.4) is 0 Å². The summed E-state index contributed by atoms with van der Waals surface area (Å²) in [6.45, 7) is 1.50. The Morgan fingerprint density at radius 1 is 1.57 bits per heavy atom. The molecule has 68 valence electrons. The van der Waals surface area contributed by atoms with Crippen LogP contribution in [0.5, 0.6) is 0 Å². The molecule has 4 heteroatoms. The summed E-state index contributed by atoms with van der Waals surface area (Å²) in [5, 5.41) is 12.7. The maximum atomic E-state index is 11.1. The molecule has 0 bridgehead atoms. The Hall–Kier alpha value is -2.15. The van der Waals surface area contributed by atoms with E-state index in [0.717, 1.165) is 5.52 Å². The van der Waals surface area contributed by atoms with E-state index in [2.05, 4.69) is 5.10 Å². The molecule has 0 unspecified atom stereocenters. The van der Waals surface area contributed by atoms with Crippen molar-refractivity contribution < 1.29 is 4.79 Å². The maximum absolute atomic E-state index is 11.1. The van der Waals surface area contributed by atoms with Gasteiger partial charge in [-0.25, -0.2) is 4.52 Å². The van der Waals surface area contributed by atoms with Crippen LogP contribution in [-0.2, 0) is 0 Å². The normalized spacial score (nSPS) is 10.0. The molecular formula is C10H7N3O. The van der Waals surface area contributed by atoms with E-state index in [0.29, 0.717) is 11.1 Å². The van der Waals surface area contributed by atoms with Crippen molar-refractivity contribution in [2.75, 3.05) is 0 Å². The van der Waals surface area contributed by atoms with Gasteiger partial charge in [0.1, 0.15) is 6.07 Å². The Balaban J connectivity index is 2.70. The molecule has 0 N–H and O–H groups in total. The predicted molar refractivity (Wildman–Crippen MR) is 49.9 cm³/mol. The number of hydrogen-bond acceptors (Lipinski definition) is 3. The summed E-state index contributed by atoms with van der Waals surface area (Å²) < 4.78 is 1.54. The summed E-state index contributed by atoms with van der Waals surface area (Å²) in [6, 6.07) is 5.45. The molecule has 0 aromatic carbocycles. The van der Waals surface area contributed by atoms with E-state index >= 15 is 0 Å². The second-order valence-electron chi connectivity index (χ2n) is 2.97. The molecule has 0 saturated heterocycles. The van der Waals surface area contributed by atoms with Gasteiger partial charge in [-0.05, 0) is 19.1 Å². The van der Waals surface area contributed by atoms with Crippen LogP contribution in [0.2, 0.25) is 0 Å². The van der Waals surface area contributed by atoms with Crippen LogP contribution in [0.4, 0.5) is 0 Å². The predicted octanol–water partition coefficient (Wildman–Crippen LogP) is 1.41. The zero-order valence-electron chi connectivity index (χ0n) is 7.56. The van der Waals surface area contributed by atoms with E-state index < -0.39 is 0 Å². The van der Waals surface area contributed by atoms with Crippen molar-refractivity contribution in [1.82, 2.24) is 9.61 Å². The molecule has 4 nitrogen and oxygen atoms in total. The molecule has 0 radical (unpaired) electrons. The minimum Gasteiger partial charge on any atom is -0.294 e. The highest BCUT2D eigenvalue weighted by Gasteiger charge is 2.05. The van der Waals surface area contributed by atoms with E-state index in [1.54, 1.807) is 18.3 Å². The van der Waals surface area contributed by atoms with Crippen molar-refractivity contribution in [3.05, 3.63) is 35.7 Å². The third-order valence-electron chi connectivity index (χ3n) is 2.04. The molecule has 0 aliphatic heterocycles. The van der Waals surface area contributed by atoms with Crippen molar-refractivity contribution in [3.63, 3.8) is 0 Å². The second-order valence-corrected chi connectivity index (χ2v) is 2.97. The summed E-state index contributed by atoms with van der Waals surface area (Å²) in [5.41, 5.74) is 1.82. The number of nitrogens with zero attached hydrogens (tertiary/aromatic N) is 3. The van der Waals surface area contributed by atoms with E-state index in [4.69, 9.17) is 5.26 Å². The number of hydrogen-bond donors (Lipinski definition) is 0. The molecular weight excluding hydrogens is 178 g/mol. The molecule has 0 saturated carbocycles. The Bertz CT molecular complexity index is 548. The second kappa shape index (κ2) is 2.96. The van der Waals surface area contributed by atoms with Crippen LogP contribution < -0.4 is 0 Å². The summed E-state index contributed by atoms with van der Waals surface area (Å²) >= 11 is 0. The van der Waals surface area contributed by atoms with Gasteiger partial charge in [-0.1, -0.05) is 0 Å². The van der Waals surface area contributed by atoms with Crippen molar-refractivity contribution >= 4 is 11.3 Å². The summed E-state index contributed by atoms with van der Waals surface area (Å²) in [7, 11) is 0. The number of aromatic nitrogens is 2. The van der Waals surface area contributed by atoms with Gasteiger partial charge in [-0.3, -0.25) is 4.79 Å². The van der Waals surface area contributed by atoms with Gasteiger partial charge in [-0.2, -0.15) is 10.4 Å². The van der Waals surface area contributed by atoms with Gasteiger partial charge in [0.2, 0.25) is 0 Å². The molecule has 2 aromatic heterocycles. The highest BCUT2D eigenvalue weighted by Crippen LogP contribution is 2.10. The van der Waals surface area contributed by atoms with Crippen LogP contribution in [0.1, 0.15) is 22.8 Å². The zero-order chi connectivity index (χ0) is 10.1. The maximum Gasteiger partial charge on any atom is 0.161 e. The number of fused-ring (bicyclic) bond motifs is 1. The van der Waals surface area contributed by atoms with Gasteiger partial charge < -0.3 is 0 Å². The number of pyridine rings is 1. The Morgan fingerprint density at radius 2 is 2.36 bits per heavy atom. The fraction of sp³-hybridized carbons (Fsp3) is 0.100. The first-order chi connectivity index (χ1) is 6.72. The van der Waals surface area contributed by atoms with Crippen LogP contribution >= 0.6 is 0 Å². The minimum atomic E-state index is -0.0130. The summed E-state index contributed by atoms with van der Waals surface area (Å²) in [4.78, 5) is 11.1. The van der Waals surface area contributed by atoms with Crippen molar-refractivity contribution in [3.8, 4) is 6.07 Å². The van der Waals surface area contributed by atoms with Crippen LogP contribution in [0.15, 0.2) is 24.5 Å². The van der Waals surface area contributed by atoms with Gasteiger partial charge in [0.05, 0.1) is 17.3 Å². The third-order valence-corrected chi connectivity index (χ3v) is 2.04. The average Bonchev–Trinajstić information content (AvgIpc) is 2.59. The van der Waals surface area contributed by atoms with Crippen molar-refractivity contribution in [2.45, 2.75) is 6.92 Å². The lowest BCUT2D eigenvalue weighted by atomic mass is 10.2. The van der Waals surface area contributed by atoms with E-state index in [9.17, 15) is 4.79 Å². The molecule has 2 rings (SSSR count). The first-order valence-corrected chi connectivity index (χ1v) is 4.11. The monoisotopic (exact) mass is 185 g/mol. The first-order valence-electron chi connectivity index (χ1n) is 4.11. The smallest absolute Gasteiger partial charge is 0.161 e. The molecule has 2 heterocycles. The molecule has 0 atom stereocenters. The molecule has 0 aliphatic rings. The summed E-state index contributed by atoms with van der Waals surface area (Å²) in [5.74, 6) is -0.0130. The van der Waals surface area contributed by atoms with Crippen LogP contribution in [0, 0.1) is 11.3 Å². The zero-order valence-corrected chi connectivity index (χ0v) is 7.56. The summed E-state index contributed by atoms with van der Waals surface area (Å²) in [6.07, 6.45) is 3.11. The number of nitriles is 1. The van der Waals surface area contributed by atoms with E-state index in [1.807, 2.05) is 6.07 Å². The molecule has 14 heavy (non-hydrogen) atoms. The van der Waals surface area contributed by atoms with Crippen LogP contribution in [-0.4, -0.2) is 15.4 Å². The van der Waals surface area contributed by atoms with Crippen molar-refractivity contribution in [2.24, 2.45) is 0 Å². The minimum absolute atomic E-state index is 0.0130. The number of ketones is 1. The number of carbonyl (C=O) groups excluding carboxylic acids is 1. The van der Waals surface area contributed by atoms with Crippen molar-refractivity contribution in [1.29, 1.82) is 5.26 Å². The Labute approximate surface area is 80.4 Å². The van der Waals surface area contributed by atoms with Gasteiger partial charge in [0, 0.05) is 11.8 Å². The van der Waals surface area contributed by atoms with E-state index in [-0.39, 0.29) is 5.78 Å². The van der Waals surface area contributed by atoms with Gasteiger partial charge in [-0.15, -0.1) is 0 Å². The first kappa shape index (κ1) is 8.45.